The third kappa shape index (κ3) is 4.47. The molecule has 0 aliphatic carbocycles. The Hall–Kier alpha value is -3.15. The van der Waals surface area contributed by atoms with E-state index >= 15 is 0 Å². The monoisotopic (exact) mass is 393 g/mol. The summed E-state index contributed by atoms with van der Waals surface area (Å²) in [6.07, 6.45) is 0.203. The summed E-state index contributed by atoms with van der Waals surface area (Å²) in [4.78, 5) is 41.0. The molecule has 0 bridgehead atoms. The van der Waals surface area contributed by atoms with Crippen LogP contribution in [0.5, 0.6) is 0 Å². The van der Waals surface area contributed by atoms with Gasteiger partial charge in [0.1, 0.15) is 6.54 Å². The lowest BCUT2D eigenvalue weighted by Gasteiger charge is -2.29. The van der Waals surface area contributed by atoms with Gasteiger partial charge in [0.25, 0.3) is 5.91 Å². The van der Waals surface area contributed by atoms with E-state index in [1.807, 2.05) is 37.3 Å². The van der Waals surface area contributed by atoms with Crippen LogP contribution in [0.4, 0.5) is 11.4 Å². The minimum atomic E-state index is -0.306. The minimum Gasteiger partial charge on any atom is -0.332 e. The van der Waals surface area contributed by atoms with Crippen LogP contribution in [0.2, 0.25) is 0 Å². The van der Waals surface area contributed by atoms with Gasteiger partial charge in [-0.2, -0.15) is 0 Å². The van der Waals surface area contributed by atoms with Crippen molar-refractivity contribution in [3.63, 3.8) is 0 Å². The SMILES string of the molecule is CC(C)c1ccc(C(=O)N(C)CC(=O)N2c3ccccc3NC(=O)CC2C)cc1. The van der Waals surface area contributed by atoms with Crippen molar-refractivity contribution in [3.8, 4) is 0 Å². The zero-order valence-electron chi connectivity index (χ0n) is 17.3. The lowest BCUT2D eigenvalue weighted by Crippen LogP contribution is -2.45. The van der Waals surface area contributed by atoms with E-state index in [2.05, 4.69) is 19.2 Å². The van der Waals surface area contributed by atoms with Gasteiger partial charge in [0.15, 0.2) is 0 Å². The van der Waals surface area contributed by atoms with E-state index in [0.29, 0.717) is 22.9 Å². The van der Waals surface area contributed by atoms with Gasteiger partial charge >= 0.3 is 0 Å². The third-order valence-corrected chi connectivity index (χ3v) is 5.17. The number of para-hydroxylation sites is 2. The molecule has 0 aromatic heterocycles. The van der Waals surface area contributed by atoms with Gasteiger partial charge in [-0.15, -0.1) is 0 Å². The molecule has 0 radical (unpaired) electrons. The Balaban J connectivity index is 1.78. The third-order valence-electron chi connectivity index (χ3n) is 5.17. The van der Waals surface area contributed by atoms with Crippen molar-refractivity contribution < 1.29 is 14.4 Å². The van der Waals surface area contributed by atoms with Crippen molar-refractivity contribution in [1.82, 2.24) is 4.90 Å². The highest BCUT2D eigenvalue weighted by atomic mass is 16.2. The standard InChI is InChI=1S/C23H27N3O3/c1-15(2)17-9-11-18(12-10-17)23(29)25(4)14-22(28)26-16(3)13-21(27)24-19-7-5-6-8-20(19)26/h5-12,15-16H,13-14H2,1-4H3,(H,24,27). The average molecular weight is 393 g/mol. The minimum absolute atomic E-state index is 0.0718. The summed E-state index contributed by atoms with van der Waals surface area (Å²) >= 11 is 0. The van der Waals surface area contributed by atoms with Crippen molar-refractivity contribution in [1.29, 1.82) is 0 Å². The number of hydrogen-bond acceptors (Lipinski definition) is 3. The topological polar surface area (TPSA) is 69.7 Å². The molecule has 152 valence electrons. The molecule has 2 aromatic rings. The summed E-state index contributed by atoms with van der Waals surface area (Å²) in [5.74, 6) is -0.177. The molecule has 29 heavy (non-hydrogen) atoms. The number of nitrogens with one attached hydrogen (secondary N) is 1. The maximum atomic E-state index is 13.1. The molecule has 0 spiro atoms. The van der Waals surface area contributed by atoms with Crippen LogP contribution in [-0.4, -0.2) is 42.3 Å². The molecule has 0 fully saturated rings. The normalized spacial score (nSPS) is 16.1. The molecule has 1 heterocycles. The number of benzene rings is 2. The van der Waals surface area contributed by atoms with Gasteiger partial charge in [-0.1, -0.05) is 38.1 Å². The van der Waals surface area contributed by atoms with Crippen molar-refractivity contribution in [2.75, 3.05) is 23.8 Å². The smallest absolute Gasteiger partial charge is 0.254 e. The van der Waals surface area contributed by atoms with Gasteiger partial charge in [0, 0.05) is 25.1 Å². The fraction of sp³-hybridized carbons (Fsp3) is 0.348. The molecule has 1 aliphatic rings. The van der Waals surface area contributed by atoms with E-state index in [0.717, 1.165) is 5.56 Å². The number of hydrogen-bond donors (Lipinski definition) is 1. The Labute approximate surface area is 171 Å². The zero-order valence-corrected chi connectivity index (χ0v) is 17.3. The van der Waals surface area contributed by atoms with Crippen molar-refractivity contribution in [2.45, 2.75) is 39.2 Å². The lowest BCUT2D eigenvalue weighted by atomic mass is 10.0. The molecular formula is C23H27N3O3. The highest BCUT2D eigenvalue weighted by Gasteiger charge is 2.30. The lowest BCUT2D eigenvalue weighted by molar-refractivity contribution is -0.119. The van der Waals surface area contributed by atoms with E-state index in [9.17, 15) is 14.4 Å². The summed E-state index contributed by atoms with van der Waals surface area (Å²) in [6.45, 7) is 5.96. The van der Waals surface area contributed by atoms with Crippen LogP contribution >= 0.6 is 0 Å². The molecule has 2 aromatic carbocycles. The first-order valence-corrected chi connectivity index (χ1v) is 9.84. The first-order valence-electron chi connectivity index (χ1n) is 9.84. The first-order chi connectivity index (χ1) is 13.8. The van der Waals surface area contributed by atoms with Gasteiger partial charge < -0.3 is 15.1 Å². The Kier molecular flexibility index (Phi) is 6.01. The summed E-state index contributed by atoms with van der Waals surface area (Å²) in [5.41, 5.74) is 2.96. The molecule has 3 amide bonds. The van der Waals surface area contributed by atoms with Crippen LogP contribution in [-0.2, 0) is 9.59 Å². The van der Waals surface area contributed by atoms with Crippen LogP contribution < -0.4 is 10.2 Å². The Morgan fingerprint density at radius 2 is 1.79 bits per heavy atom. The maximum Gasteiger partial charge on any atom is 0.254 e. The van der Waals surface area contributed by atoms with E-state index in [-0.39, 0.29) is 36.7 Å². The van der Waals surface area contributed by atoms with Gasteiger partial charge in [-0.3, -0.25) is 14.4 Å². The van der Waals surface area contributed by atoms with Crippen LogP contribution in [0.3, 0.4) is 0 Å². The number of carbonyl (C=O) groups excluding carboxylic acids is 3. The summed E-state index contributed by atoms with van der Waals surface area (Å²) < 4.78 is 0. The molecule has 6 nitrogen and oxygen atoms in total. The van der Waals surface area contributed by atoms with Gasteiger partial charge in [0.2, 0.25) is 11.8 Å². The average Bonchev–Trinajstić information content (AvgIpc) is 2.81. The van der Waals surface area contributed by atoms with Gasteiger partial charge in [0.05, 0.1) is 11.4 Å². The Morgan fingerprint density at radius 3 is 2.45 bits per heavy atom. The van der Waals surface area contributed by atoms with E-state index in [1.54, 1.807) is 30.1 Å². The maximum absolute atomic E-state index is 13.1. The predicted octanol–water partition coefficient (Wildman–Crippen LogP) is 3.65. The number of carbonyl (C=O) groups is 3. The summed E-state index contributed by atoms with van der Waals surface area (Å²) in [7, 11) is 1.62. The highest BCUT2D eigenvalue weighted by Crippen LogP contribution is 2.31. The second kappa shape index (κ2) is 8.47. The summed E-state index contributed by atoms with van der Waals surface area (Å²) in [6, 6.07) is 14.4. The second-order valence-corrected chi connectivity index (χ2v) is 7.82. The predicted molar refractivity (Wildman–Crippen MR) is 114 cm³/mol. The number of anilines is 2. The quantitative estimate of drug-likeness (QED) is 0.862. The fourth-order valence-electron chi connectivity index (χ4n) is 3.55. The number of amides is 3. The number of fused-ring (bicyclic) bond motifs is 1. The zero-order chi connectivity index (χ0) is 21.1. The molecule has 1 unspecified atom stereocenters. The van der Waals surface area contributed by atoms with Crippen LogP contribution in [0.25, 0.3) is 0 Å². The second-order valence-electron chi connectivity index (χ2n) is 7.82. The Morgan fingerprint density at radius 1 is 1.14 bits per heavy atom. The molecule has 6 heteroatoms. The van der Waals surface area contributed by atoms with E-state index in [4.69, 9.17) is 0 Å². The van der Waals surface area contributed by atoms with Crippen molar-refractivity contribution >= 4 is 29.1 Å². The van der Waals surface area contributed by atoms with Crippen LogP contribution in [0.15, 0.2) is 48.5 Å². The number of rotatable bonds is 4. The largest absolute Gasteiger partial charge is 0.332 e. The number of likely N-dealkylation sites (N-methyl/N-ethyl adjacent to an activating group) is 1. The van der Waals surface area contributed by atoms with Crippen molar-refractivity contribution in [2.24, 2.45) is 0 Å². The molecular weight excluding hydrogens is 366 g/mol. The van der Waals surface area contributed by atoms with Gasteiger partial charge in [-0.25, -0.2) is 0 Å². The van der Waals surface area contributed by atoms with Crippen LogP contribution in [0, 0.1) is 0 Å². The summed E-state index contributed by atoms with van der Waals surface area (Å²) in [5, 5.41) is 2.84. The molecule has 0 saturated carbocycles. The van der Waals surface area contributed by atoms with Crippen molar-refractivity contribution in [3.05, 3.63) is 59.7 Å². The molecule has 1 N–H and O–H groups in total. The van der Waals surface area contributed by atoms with E-state index in [1.165, 1.54) is 4.90 Å². The Bertz CT molecular complexity index is 921. The molecule has 1 aliphatic heterocycles. The first kappa shape index (κ1) is 20.6. The van der Waals surface area contributed by atoms with E-state index < -0.39 is 0 Å². The highest BCUT2D eigenvalue weighted by molar-refractivity contribution is 6.06. The fourth-order valence-corrected chi connectivity index (χ4v) is 3.55. The molecule has 3 rings (SSSR count). The molecule has 0 saturated heterocycles. The number of nitrogens with zero attached hydrogens (tertiary/aromatic N) is 2. The molecule has 1 atom stereocenters. The van der Waals surface area contributed by atoms with Crippen LogP contribution in [0.1, 0.15) is 49.0 Å². The van der Waals surface area contributed by atoms with Gasteiger partial charge in [-0.05, 0) is 42.7 Å².